The summed E-state index contributed by atoms with van der Waals surface area (Å²) in [4.78, 5) is 13.7. The van der Waals surface area contributed by atoms with Gasteiger partial charge in [0.1, 0.15) is 6.04 Å². The molecule has 1 atom stereocenters. The molecule has 0 bridgehead atoms. The third kappa shape index (κ3) is 8.12. The van der Waals surface area contributed by atoms with Crippen molar-refractivity contribution in [2.24, 2.45) is 0 Å². The fourth-order valence-electron chi connectivity index (χ4n) is 1.63. The lowest BCUT2D eigenvalue weighted by Crippen LogP contribution is -2.40. The van der Waals surface area contributed by atoms with Crippen LogP contribution in [0.15, 0.2) is 0 Å². The molecule has 0 radical (unpaired) electrons. The molecule has 1 unspecified atom stereocenters. The number of hydrogen-bond acceptors (Lipinski definition) is 5. The van der Waals surface area contributed by atoms with E-state index in [4.69, 9.17) is 9.47 Å². The molecule has 0 aliphatic rings. The molecule has 5 heteroatoms. The number of nitrogens with zero attached hydrogens (tertiary/aromatic N) is 1. The van der Waals surface area contributed by atoms with Gasteiger partial charge in [-0.25, -0.2) is 0 Å². The average Bonchev–Trinajstić information content (AvgIpc) is 2.33. The molecule has 0 aromatic rings. The Hall–Kier alpha value is -0.650. The van der Waals surface area contributed by atoms with E-state index in [1.165, 1.54) is 7.11 Å². The highest BCUT2D eigenvalue weighted by molar-refractivity contribution is 5.75. The zero-order valence-corrected chi connectivity index (χ0v) is 11.5. The van der Waals surface area contributed by atoms with Crippen LogP contribution in [0, 0.1) is 0 Å². The van der Waals surface area contributed by atoms with Crippen LogP contribution in [0.25, 0.3) is 0 Å². The molecule has 0 aromatic carbocycles. The third-order valence-corrected chi connectivity index (χ3v) is 2.62. The molecule has 0 saturated carbocycles. The van der Waals surface area contributed by atoms with Gasteiger partial charge >= 0.3 is 5.97 Å². The average molecular weight is 246 g/mol. The summed E-state index contributed by atoms with van der Waals surface area (Å²) in [5.41, 5.74) is 0. The minimum atomic E-state index is -0.199. The minimum absolute atomic E-state index is 0.183. The third-order valence-electron chi connectivity index (χ3n) is 2.62. The largest absolute Gasteiger partial charge is 0.468 e. The first-order valence-corrected chi connectivity index (χ1v) is 6.14. The van der Waals surface area contributed by atoms with Crippen LogP contribution in [-0.4, -0.2) is 64.4 Å². The van der Waals surface area contributed by atoms with Crippen molar-refractivity contribution in [1.82, 2.24) is 10.2 Å². The van der Waals surface area contributed by atoms with E-state index >= 15 is 0 Å². The van der Waals surface area contributed by atoms with E-state index in [2.05, 4.69) is 17.3 Å². The van der Waals surface area contributed by atoms with Crippen molar-refractivity contribution < 1.29 is 14.3 Å². The van der Waals surface area contributed by atoms with Gasteiger partial charge in [-0.1, -0.05) is 6.92 Å². The summed E-state index contributed by atoms with van der Waals surface area (Å²) in [5, 5.41) is 3.13. The quantitative estimate of drug-likeness (QED) is 0.449. The second-order valence-corrected chi connectivity index (χ2v) is 4.07. The highest BCUT2D eigenvalue weighted by atomic mass is 16.5. The highest BCUT2D eigenvalue weighted by Crippen LogP contribution is 1.98. The number of carbonyl (C=O) groups is 1. The lowest BCUT2D eigenvalue weighted by atomic mass is 10.2. The van der Waals surface area contributed by atoms with Gasteiger partial charge in [0, 0.05) is 20.3 Å². The van der Waals surface area contributed by atoms with Gasteiger partial charge in [-0.3, -0.25) is 4.79 Å². The number of likely N-dealkylation sites (N-methyl/N-ethyl adjacent to an activating group) is 1. The van der Waals surface area contributed by atoms with E-state index < -0.39 is 0 Å². The van der Waals surface area contributed by atoms with Gasteiger partial charge in [0.05, 0.1) is 7.11 Å². The highest BCUT2D eigenvalue weighted by Gasteiger charge is 2.17. The van der Waals surface area contributed by atoms with Gasteiger partial charge in [0.25, 0.3) is 0 Å². The molecule has 0 saturated heterocycles. The Labute approximate surface area is 104 Å². The zero-order valence-electron chi connectivity index (χ0n) is 11.5. The van der Waals surface area contributed by atoms with Crippen molar-refractivity contribution in [2.75, 3.05) is 47.5 Å². The Morgan fingerprint density at radius 3 is 2.59 bits per heavy atom. The molecule has 1 N–H and O–H groups in total. The zero-order chi connectivity index (χ0) is 13.1. The van der Waals surface area contributed by atoms with E-state index in [0.29, 0.717) is 0 Å². The summed E-state index contributed by atoms with van der Waals surface area (Å²) in [6, 6.07) is -0.199. The molecule has 0 amide bonds. The van der Waals surface area contributed by atoms with Gasteiger partial charge in [-0.05, 0) is 33.0 Å². The smallest absolute Gasteiger partial charge is 0.322 e. The first-order chi connectivity index (χ1) is 8.15. The Morgan fingerprint density at radius 2 is 2.06 bits per heavy atom. The van der Waals surface area contributed by atoms with Crippen LogP contribution >= 0.6 is 0 Å². The second kappa shape index (κ2) is 10.5. The Bertz CT molecular complexity index is 200. The molecular weight excluding hydrogens is 220 g/mol. The molecule has 0 heterocycles. The fraction of sp³-hybridized carbons (Fsp3) is 0.917. The molecule has 0 rings (SSSR count). The number of methoxy groups -OCH3 is 2. The van der Waals surface area contributed by atoms with Gasteiger partial charge in [0.15, 0.2) is 0 Å². The van der Waals surface area contributed by atoms with Crippen LogP contribution in [0.2, 0.25) is 0 Å². The minimum Gasteiger partial charge on any atom is -0.468 e. The Morgan fingerprint density at radius 1 is 1.35 bits per heavy atom. The second-order valence-electron chi connectivity index (χ2n) is 4.07. The van der Waals surface area contributed by atoms with Crippen molar-refractivity contribution >= 4 is 5.97 Å². The van der Waals surface area contributed by atoms with Crippen molar-refractivity contribution in [2.45, 2.75) is 25.8 Å². The first-order valence-electron chi connectivity index (χ1n) is 6.14. The van der Waals surface area contributed by atoms with Crippen LogP contribution in [0.3, 0.4) is 0 Å². The summed E-state index contributed by atoms with van der Waals surface area (Å²) in [6.07, 6.45) is 1.78. The predicted molar refractivity (Wildman–Crippen MR) is 68.1 cm³/mol. The molecule has 0 spiro atoms. The lowest BCUT2D eigenvalue weighted by Gasteiger charge is -2.20. The predicted octanol–water partition coefficient (Wildman–Crippen LogP) is 0.496. The van der Waals surface area contributed by atoms with Crippen LogP contribution in [-0.2, 0) is 14.3 Å². The van der Waals surface area contributed by atoms with Crippen LogP contribution < -0.4 is 5.32 Å². The summed E-state index contributed by atoms with van der Waals surface area (Å²) >= 11 is 0. The molecule has 0 fully saturated rings. The number of hydrogen-bond donors (Lipinski definition) is 1. The molecule has 0 aromatic heterocycles. The van der Waals surface area contributed by atoms with Gasteiger partial charge in [-0.2, -0.15) is 0 Å². The molecule has 17 heavy (non-hydrogen) atoms. The van der Waals surface area contributed by atoms with E-state index in [1.54, 1.807) is 7.11 Å². The normalized spacial score (nSPS) is 12.8. The monoisotopic (exact) mass is 246 g/mol. The maximum absolute atomic E-state index is 11.5. The molecule has 5 nitrogen and oxygen atoms in total. The SMILES string of the molecule is CCNC(CCN(C)CCCOC)C(=O)OC. The van der Waals surface area contributed by atoms with Crippen molar-refractivity contribution in [3.8, 4) is 0 Å². The van der Waals surface area contributed by atoms with E-state index in [-0.39, 0.29) is 12.0 Å². The van der Waals surface area contributed by atoms with Crippen molar-refractivity contribution in [1.29, 1.82) is 0 Å². The fourth-order valence-corrected chi connectivity index (χ4v) is 1.63. The number of esters is 1. The molecule has 0 aliphatic carbocycles. The molecule has 102 valence electrons. The van der Waals surface area contributed by atoms with E-state index in [9.17, 15) is 4.79 Å². The summed E-state index contributed by atoms with van der Waals surface area (Å²) in [6.45, 7) is 5.38. The number of ether oxygens (including phenoxy) is 2. The molecule has 0 aliphatic heterocycles. The number of nitrogens with one attached hydrogen (secondary N) is 1. The van der Waals surface area contributed by atoms with Crippen LogP contribution in [0.5, 0.6) is 0 Å². The summed E-state index contributed by atoms with van der Waals surface area (Å²) in [7, 11) is 5.18. The van der Waals surface area contributed by atoms with Crippen LogP contribution in [0.1, 0.15) is 19.8 Å². The maximum atomic E-state index is 11.5. The van der Waals surface area contributed by atoms with Gasteiger partial charge < -0.3 is 19.7 Å². The standard InChI is InChI=1S/C12H26N2O3/c1-5-13-11(12(15)17-4)7-9-14(2)8-6-10-16-3/h11,13H,5-10H2,1-4H3. The molecular formula is C12H26N2O3. The number of rotatable bonds is 10. The number of carbonyl (C=O) groups excluding carboxylic acids is 1. The lowest BCUT2D eigenvalue weighted by molar-refractivity contribution is -0.143. The van der Waals surface area contributed by atoms with E-state index in [1.807, 2.05) is 6.92 Å². The first kappa shape index (κ1) is 16.4. The van der Waals surface area contributed by atoms with Gasteiger partial charge in [-0.15, -0.1) is 0 Å². The van der Waals surface area contributed by atoms with Crippen molar-refractivity contribution in [3.05, 3.63) is 0 Å². The summed E-state index contributed by atoms with van der Waals surface area (Å²) in [5.74, 6) is -0.183. The van der Waals surface area contributed by atoms with Crippen molar-refractivity contribution in [3.63, 3.8) is 0 Å². The summed E-state index contributed by atoms with van der Waals surface area (Å²) < 4.78 is 9.75. The van der Waals surface area contributed by atoms with E-state index in [0.717, 1.165) is 39.1 Å². The van der Waals surface area contributed by atoms with Crippen LogP contribution in [0.4, 0.5) is 0 Å². The Balaban J connectivity index is 3.82. The maximum Gasteiger partial charge on any atom is 0.322 e. The van der Waals surface area contributed by atoms with Gasteiger partial charge in [0.2, 0.25) is 0 Å². The topological polar surface area (TPSA) is 50.8 Å². The Kier molecular flexibility index (Phi) is 10.1.